The highest BCUT2D eigenvalue weighted by atomic mass is 19.1. The van der Waals surface area contributed by atoms with Crippen molar-refractivity contribution in [2.75, 3.05) is 6.67 Å². The minimum Gasteiger partial charge on any atom is -0.479 e. The number of carbonyl (C=O) groups is 1. The molecule has 4 nitrogen and oxygen atoms in total. The van der Waals surface area contributed by atoms with Crippen molar-refractivity contribution < 1.29 is 14.3 Å². The molecule has 116 valence electrons. The van der Waals surface area contributed by atoms with E-state index in [-0.39, 0.29) is 13.1 Å². The molecule has 0 aliphatic heterocycles. The molecular weight excluding hydrogens is 283 g/mol. The van der Waals surface area contributed by atoms with Crippen molar-refractivity contribution in [1.29, 1.82) is 0 Å². The van der Waals surface area contributed by atoms with Crippen LogP contribution in [0, 0.1) is 0 Å². The third-order valence-electron chi connectivity index (χ3n) is 3.57. The number of carboxylic acid groups (broad SMARTS) is 1. The lowest BCUT2D eigenvalue weighted by Gasteiger charge is -2.35. The molecule has 0 unspecified atom stereocenters. The van der Waals surface area contributed by atoms with Crippen LogP contribution in [-0.4, -0.2) is 28.3 Å². The van der Waals surface area contributed by atoms with Crippen LogP contribution in [0.2, 0.25) is 0 Å². The van der Waals surface area contributed by atoms with Gasteiger partial charge in [-0.3, -0.25) is 4.90 Å². The summed E-state index contributed by atoms with van der Waals surface area (Å²) in [6, 6.07) is 18.6. The maximum absolute atomic E-state index is 13.4. The van der Waals surface area contributed by atoms with Crippen LogP contribution in [0.3, 0.4) is 0 Å². The van der Waals surface area contributed by atoms with E-state index in [1.54, 1.807) is 0 Å². The third kappa shape index (κ3) is 3.69. The van der Waals surface area contributed by atoms with Crippen LogP contribution in [-0.2, 0) is 17.9 Å². The van der Waals surface area contributed by atoms with Crippen molar-refractivity contribution >= 4 is 5.97 Å². The van der Waals surface area contributed by atoms with Crippen molar-refractivity contribution in [3.05, 3.63) is 71.8 Å². The highest BCUT2D eigenvalue weighted by Gasteiger charge is 2.40. The zero-order chi connectivity index (χ0) is 16.0. The van der Waals surface area contributed by atoms with Gasteiger partial charge in [0.25, 0.3) is 0 Å². The average molecular weight is 302 g/mol. The van der Waals surface area contributed by atoms with Crippen molar-refractivity contribution in [2.24, 2.45) is 5.73 Å². The number of aliphatic carboxylic acids is 1. The van der Waals surface area contributed by atoms with Crippen LogP contribution in [0.25, 0.3) is 0 Å². The van der Waals surface area contributed by atoms with Gasteiger partial charge in [0.15, 0.2) is 5.66 Å². The predicted octanol–water partition coefficient (Wildman–Crippen LogP) is 2.40. The van der Waals surface area contributed by atoms with Crippen molar-refractivity contribution in [3.63, 3.8) is 0 Å². The first-order valence-electron chi connectivity index (χ1n) is 6.97. The number of nitrogens with two attached hydrogens (primary N) is 1. The van der Waals surface area contributed by atoms with Gasteiger partial charge in [0, 0.05) is 13.1 Å². The lowest BCUT2D eigenvalue weighted by Crippen LogP contribution is -2.62. The van der Waals surface area contributed by atoms with E-state index in [1.165, 1.54) is 4.90 Å². The number of halogens is 1. The molecule has 2 rings (SSSR count). The fourth-order valence-corrected chi connectivity index (χ4v) is 2.22. The molecule has 1 atom stereocenters. The fraction of sp³-hybridized carbons (Fsp3) is 0.235. The smallest absolute Gasteiger partial charge is 0.341 e. The molecule has 2 aromatic carbocycles. The molecule has 0 heterocycles. The normalized spacial score (nSPS) is 13.8. The van der Waals surface area contributed by atoms with Gasteiger partial charge in [0.05, 0.1) is 0 Å². The second kappa shape index (κ2) is 7.15. The Morgan fingerprint density at radius 2 is 1.41 bits per heavy atom. The van der Waals surface area contributed by atoms with Gasteiger partial charge in [-0.25, -0.2) is 9.18 Å². The van der Waals surface area contributed by atoms with E-state index in [1.807, 2.05) is 60.7 Å². The number of benzene rings is 2. The highest BCUT2D eigenvalue weighted by molar-refractivity contribution is 5.78. The number of carboxylic acids is 1. The summed E-state index contributed by atoms with van der Waals surface area (Å²) in [4.78, 5) is 12.9. The average Bonchev–Trinajstić information content (AvgIpc) is 2.55. The Morgan fingerprint density at radius 3 is 1.73 bits per heavy atom. The van der Waals surface area contributed by atoms with Crippen LogP contribution in [0.15, 0.2) is 60.7 Å². The highest BCUT2D eigenvalue weighted by Crippen LogP contribution is 2.19. The van der Waals surface area contributed by atoms with E-state index >= 15 is 0 Å². The number of alkyl halides is 1. The van der Waals surface area contributed by atoms with E-state index in [0.717, 1.165) is 11.1 Å². The summed E-state index contributed by atoms with van der Waals surface area (Å²) in [6.07, 6.45) is 0. The molecule has 22 heavy (non-hydrogen) atoms. The summed E-state index contributed by atoms with van der Waals surface area (Å²) < 4.78 is 13.4. The van der Waals surface area contributed by atoms with E-state index in [2.05, 4.69) is 0 Å². The predicted molar refractivity (Wildman–Crippen MR) is 82.7 cm³/mol. The van der Waals surface area contributed by atoms with E-state index < -0.39 is 18.3 Å². The Kier molecular flexibility index (Phi) is 5.25. The van der Waals surface area contributed by atoms with Gasteiger partial charge in [0.1, 0.15) is 6.67 Å². The third-order valence-corrected chi connectivity index (χ3v) is 3.57. The molecule has 0 saturated carbocycles. The van der Waals surface area contributed by atoms with Crippen LogP contribution >= 0.6 is 0 Å². The molecule has 5 heteroatoms. The molecule has 0 aromatic heterocycles. The van der Waals surface area contributed by atoms with Crippen LogP contribution in [0.4, 0.5) is 4.39 Å². The zero-order valence-electron chi connectivity index (χ0n) is 12.2. The number of rotatable bonds is 7. The maximum Gasteiger partial charge on any atom is 0.341 e. The Labute approximate surface area is 129 Å². The van der Waals surface area contributed by atoms with Gasteiger partial charge < -0.3 is 10.8 Å². The molecule has 0 spiro atoms. The minimum absolute atomic E-state index is 0.252. The van der Waals surface area contributed by atoms with Gasteiger partial charge in [-0.15, -0.1) is 0 Å². The molecule has 0 amide bonds. The standard InChI is InChI=1S/C17H19FN2O2/c18-13-17(19,16(21)22)20(11-14-7-3-1-4-8-14)12-15-9-5-2-6-10-15/h1-10H,11-13,19H2,(H,21,22)/t17-/m1/s1. The minimum atomic E-state index is -2.05. The summed E-state index contributed by atoms with van der Waals surface area (Å²) in [5.41, 5.74) is 5.54. The number of hydrogen-bond donors (Lipinski definition) is 2. The van der Waals surface area contributed by atoms with Gasteiger partial charge in [-0.2, -0.15) is 0 Å². The first-order chi connectivity index (χ1) is 10.6. The van der Waals surface area contributed by atoms with Gasteiger partial charge in [-0.1, -0.05) is 60.7 Å². The van der Waals surface area contributed by atoms with Crippen molar-refractivity contribution in [1.82, 2.24) is 4.90 Å². The summed E-state index contributed by atoms with van der Waals surface area (Å²) in [5.74, 6) is -1.37. The molecule has 0 radical (unpaired) electrons. The van der Waals surface area contributed by atoms with Crippen LogP contribution in [0.5, 0.6) is 0 Å². The monoisotopic (exact) mass is 302 g/mol. The van der Waals surface area contributed by atoms with E-state index in [0.29, 0.717) is 0 Å². The Balaban J connectivity index is 2.29. The summed E-state index contributed by atoms with van der Waals surface area (Å²) in [5, 5.41) is 9.35. The SMILES string of the molecule is N[C@@](CF)(C(=O)O)N(Cc1ccccc1)Cc1ccccc1. The lowest BCUT2D eigenvalue weighted by atomic mass is 10.1. The van der Waals surface area contributed by atoms with Crippen LogP contribution in [0.1, 0.15) is 11.1 Å². The quantitative estimate of drug-likeness (QED) is 0.771. The first kappa shape index (κ1) is 16.1. The van der Waals surface area contributed by atoms with Crippen molar-refractivity contribution in [2.45, 2.75) is 18.8 Å². The molecule has 3 N–H and O–H groups in total. The second-order valence-electron chi connectivity index (χ2n) is 5.19. The van der Waals surface area contributed by atoms with E-state index in [4.69, 9.17) is 5.73 Å². The fourth-order valence-electron chi connectivity index (χ4n) is 2.22. The summed E-state index contributed by atoms with van der Waals surface area (Å²) in [7, 11) is 0. The molecule has 0 saturated heterocycles. The molecule has 0 bridgehead atoms. The molecule has 0 fully saturated rings. The number of nitrogens with zero attached hydrogens (tertiary/aromatic N) is 1. The summed E-state index contributed by atoms with van der Waals surface area (Å²) in [6.45, 7) is -0.660. The van der Waals surface area contributed by atoms with Gasteiger partial charge in [-0.05, 0) is 11.1 Å². The molecule has 2 aromatic rings. The lowest BCUT2D eigenvalue weighted by molar-refractivity contribution is -0.154. The Bertz CT molecular complexity index is 565. The Morgan fingerprint density at radius 1 is 1.00 bits per heavy atom. The topological polar surface area (TPSA) is 66.6 Å². The molecular formula is C17H19FN2O2. The largest absolute Gasteiger partial charge is 0.479 e. The Hall–Kier alpha value is -2.24. The molecule has 0 aliphatic carbocycles. The molecule has 0 aliphatic rings. The second-order valence-corrected chi connectivity index (χ2v) is 5.19. The van der Waals surface area contributed by atoms with Crippen LogP contribution < -0.4 is 5.73 Å². The van der Waals surface area contributed by atoms with Crippen molar-refractivity contribution in [3.8, 4) is 0 Å². The maximum atomic E-state index is 13.4. The van der Waals surface area contributed by atoms with Gasteiger partial charge in [0.2, 0.25) is 0 Å². The number of hydrogen-bond acceptors (Lipinski definition) is 3. The zero-order valence-corrected chi connectivity index (χ0v) is 12.2. The summed E-state index contributed by atoms with van der Waals surface area (Å²) >= 11 is 0. The van der Waals surface area contributed by atoms with Gasteiger partial charge >= 0.3 is 5.97 Å². The first-order valence-corrected chi connectivity index (χ1v) is 6.97. The van der Waals surface area contributed by atoms with E-state index in [9.17, 15) is 14.3 Å².